The van der Waals surface area contributed by atoms with Gasteiger partial charge in [0.15, 0.2) is 0 Å². The smallest absolute Gasteiger partial charge is 0.241 e. The summed E-state index contributed by atoms with van der Waals surface area (Å²) in [6, 6.07) is 5.06. The summed E-state index contributed by atoms with van der Waals surface area (Å²) in [5.74, 6) is 0.594. The van der Waals surface area contributed by atoms with E-state index in [2.05, 4.69) is 11.6 Å². The Morgan fingerprint density at radius 2 is 2.05 bits per heavy atom. The molecule has 0 unspecified atom stereocenters. The van der Waals surface area contributed by atoms with Gasteiger partial charge in [-0.25, -0.2) is 13.1 Å². The van der Waals surface area contributed by atoms with Crippen LogP contribution in [-0.4, -0.2) is 19.4 Å². The average Bonchev–Trinajstić information content (AvgIpc) is 2.26. The Morgan fingerprint density at radius 1 is 1.42 bits per heavy atom. The Hall–Kier alpha value is -0.980. The van der Waals surface area contributed by atoms with Gasteiger partial charge in [-0.2, -0.15) is 0 Å². The Morgan fingerprint density at radius 3 is 2.58 bits per heavy atom. The maximum absolute atomic E-state index is 12.3. The molecule has 1 fully saturated rings. The van der Waals surface area contributed by atoms with E-state index in [1.54, 1.807) is 25.1 Å². The molecule has 0 heterocycles. The van der Waals surface area contributed by atoms with E-state index in [1.165, 1.54) is 0 Å². The largest absolute Gasteiger partial charge is 0.389 e. The van der Waals surface area contributed by atoms with Crippen LogP contribution in [0.2, 0.25) is 0 Å². The van der Waals surface area contributed by atoms with E-state index in [9.17, 15) is 8.42 Å². The van der Waals surface area contributed by atoms with Crippen molar-refractivity contribution in [3.05, 3.63) is 29.3 Å². The van der Waals surface area contributed by atoms with Crippen LogP contribution in [0.4, 0.5) is 0 Å². The molecule has 0 spiro atoms. The van der Waals surface area contributed by atoms with Crippen LogP contribution in [0.3, 0.4) is 0 Å². The first-order valence-corrected chi connectivity index (χ1v) is 8.11. The maximum atomic E-state index is 12.3. The van der Waals surface area contributed by atoms with Crippen molar-refractivity contribution in [2.24, 2.45) is 11.7 Å². The van der Waals surface area contributed by atoms with E-state index in [4.69, 9.17) is 18.0 Å². The predicted molar refractivity (Wildman–Crippen MR) is 79.6 cm³/mol. The molecule has 1 aliphatic rings. The van der Waals surface area contributed by atoms with Crippen LogP contribution < -0.4 is 10.5 Å². The third-order valence-electron chi connectivity index (χ3n) is 3.46. The lowest BCUT2D eigenvalue weighted by Gasteiger charge is -2.33. The zero-order chi connectivity index (χ0) is 14.2. The minimum atomic E-state index is -3.50. The fourth-order valence-corrected chi connectivity index (χ4v) is 3.98. The zero-order valence-corrected chi connectivity index (χ0v) is 12.6. The molecule has 0 atom stereocenters. The number of benzene rings is 1. The summed E-state index contributed by atoms with van der Waals surface area (Å²) in [7, 11) is -3.50. The van der Waals surface area contributed by atoms with Gasteiger partial charge in [-0.15, -0.1) is 0 Å². The van der Waals surface area contributed by atoms with Crippen LogP contribution in [0.1, 0.15) is 30.9 Å². The summed E-state index contributed by atoms with van der Waals surface area (Å²) in [5.41, 5.74) is 6.82. The molecule has 1 aliphatic carbocycles. The zero-order valence-electron chi connectivity index (χ0n) is 11.0. The molecule has 0 bridgehead atoms. The molecule has 2 rings (SSSR count). The minimum absolute atomic E-state index is 0.0490. The van der Waals surface area contributed by atoms with Crippen LogP contribution in [0.25, 0.3) is 0 Å². The number of nitrogens with two attached hydrogens (primary N) is 1. The van der Waals surface area contributed by atoms with Gasteiger partial charge < -0.3 is 5.73 Å². The summed E-state index contributed by atoms with van der Waals surface area (Å²) in [5, 5.41) is 0. The summed E-state index contributed by atoms with van der Waals surface area (Å²) in [6.45, 7) is 3.88. The molecule has 1 saturated carbocycles. The Balaban J connectivity index is 2.29. The molecule has 0 radical (unpaired) electrons. The van der Waals surface area contributed by atoms with Crippen molar-refractivity contribution in [3.8, 4) is 0 Å². The summed E-state index contributed by atoms with van der Waals surface area (Å²) >= 11 is 4.89. The van der Waals surface area contributed by atoms with Gasteiger partial charge in [0.1, 0.15) is 4.99 Å². The maximum Gasteiger partial charge on any atom is 0.241 e. The van der Waals surface area contributed by atoms with Gasteiger partial charge in [-0.3, -0.25) is 0 Å². The van der Waals surface area contributed by atoms with Gasteiger partial charge in [0, 0.05) is 11.6 Å². The van der Waals surface area contributed by atoms with E-state index in [1.807, 2.05) is 0 Å². The third kappa shape index (κ3) is 3.13. The van der Waals surface area contributed by atoms with E-state index in [-0.39, 0.29) is 15.9 Å². The highest BCUT2D eigenvalue weighted by Gasteiger charge is 2.30. The fraction of sp³-hybridized carbons (Fsp3) is 0.462. The van der Waals surface area contributed by atoms with Crippen LogP contribution in [-0.2, 0) is 10.0 Å². The normalized spacial score (nSPS) is 22.8. The molecule has 104 valence electrons. The average molecular weight is 298 g/mol. The van der Waals surface area contributed by atoms with Gasteiger partial charge >= 0.3 is 0 Å². The molecule has 0 amide bonds. The first kappa shape index (κ1) is 14.4. The lowest BCUT2D eigenvalue weighted by atomic mass is 9.83. The second kappa shape index (κ2) is 5.19. The monoisotopic (exact) mass is 298 g/mol. The standard InChI is InChI=1S/C13H18N2O2S2/c1-8-5-11(6-8)15-19(16,17)12-7-10(13(14)18)4-3-9(12)2/h3-4,7-8,11,15H,5-6H2,1-2H3,(H2,14,18). The molecule has 1 aromatic rings. The van der Waals surface area contributed by atoms with E-state index in [0.29, 0.717) is 17.0 Å². The predicted octanol–water partition coefficient (Wildman–Crippen LogP) is 1.71. The second-order valence-corrected chi connectivity index (χ2v) is 7.36. The van der Waals surface area contributed by atoms with Crippen molar-refractivity contribution in [3.63, 3.8) is 0 Å². The Bertz CT molecular complexity index is 605. The molecular weight excluding hydrogens is 280 g/mol. The molecule has 0 saturated heterocycles. The fourth-order valence-electron chi connectivity index (χ4n) is 2.32. The van der Waals surface area contributed by atoms with Crippen molar-refractivity contribution >= 4 is 27.2 Å². The Labute approximate surface area is 119 Å². The summed E-state index contributed by atoms with van der Waals surface area (Å²) in [6.07, 6.45) is 1.79. The number of rotatable bonds is 4. The molecule has 3 N–H and O–H groups in total. The summed E-state index contributed by atoms with van der Waals surface area (Å²) < 4.78 is 27.4. The van der Waals surface area contributed by atoms with E-state index < -0.39 is 10.0 Å². The van der Waals surface area contributed by atoms with Crippen LogP contribution in [0, 0.1) is 12.8 Å². The number of hydrogen-bond acceptors (Lipinski definition) is 3. The molecule has 1 aromatic carbocycles. The van der Waals surface area contributed by atoms with Gasteiger partial charge in [-0.05, 0) is 37.3 Å². The van der Waals surface area contributed by atoms with Crippen molar-refractivity contribution in [2.45, 2.75) is 37.6 Å². The number of nitrogens with one attached hydrogen (secondary N) is 1. The van der Waals surface area contributed by atoms with Crippen molar-refractivity contribution in [1.82, 2.24) is 4.72 Å². The number of hydrogen-bond donors (Lipinski definition) is 2. The first-order valence-electron chi connectivity index (χ1n) is 6.22. The Kier molecular flexibility index (Phi) is 3.94. The SMILES string of the molecule is Cc1ccc(C(N)=S)cc1S(=O)(=O)NC1CC(C)C1. The molecular formula is C13H18N2O2S2. The van der Waals surface area contributed by atoms with Crippen molar-refractivity contribution < 1.29 is 8.42 Å². The van der Waals surface area contributed by atoms with Gasteiger partial charge in [0.2, 0.25) is 10.0 Å². The second-order valence-electron chi connectivity index (χ2n) is 5.24. The molecule has 0 aromatic heterocycles. The van der Waals surface area contributed by atoms with Crippen molar-refractivity contribution in [1.29, 1.82) is 0 Å². The van der Waals surface area contributed by atoms with Crippen LogP contribution in [0.15, 0.2) is 23.1 Å². The highest BCUT2D eigenvalue weighted by Crippen LogP contribution is 2.28. The van der Waals surface area contributed by atoms with Gasteiger partial charge in [-0.1, -0.05) is 31.3 Å². The molecule has 4 nitrogen and oxygen atoms in total. The summed E-state index contributed by atoms with van der Waals surface area (Å²) in [4.78, 5) is 0.464. The van der Waals surface area contributed by atoms with Gasteiger partial charge in [0.25, 0.3) is 0 Å². The number of sulfonamides is 1. The number of thiocarbonyl (C=S) groups is 1. The van der Waals surface area contributed by atoms with Crippen LogP contribution >= 0.6 is 12.2 Å². The highest BCUT2D eigenvalue weighted by atomic mass is 32.2. The number of aryl methyl sites for hydroxylation is 1. The minimum Gasteiger partial charge on any atom is -0.389 e. The topological polar surface area (TPSA) is 72.2 Å². The van der Waals surface area contributed by atoms with E-state index in [0.717, 1.165) is 12.8 Å². The quantitative estimate of drug-likeness (QED) is 0.830. The first-order chi connectivity index (χ1) is 8.79. The molecule has 6 heteroatoms. The van der Waals surface area contributed by atoms with Gasteiger partial charge in [0.05, 0.1) is 4.90 Å². The lowest BCUT2D eigenvalue weighted by molar-refractivity contribution is 0.270. The van der Waals surface area contributed by atoms with Crippen LogP contribution in [0.5, 0.6) is 0 Å². The highest BCUT2D eigenvalue weighted by molar-refractivity contribution is 7.89. The van der Waals surface area contributed by atoms with Crippen molar-refractivity contribution in [2.75, 3.05) is 0 Å². The molecule has 19 heavy (non-hydrogen) atoms. The van der Waals surface area contributed by atoms with E-state index >= 15 is 0 Å². The lowest BCUT2D eigenvalue weighted by Crippen LogP contribution is -2.43. The molecule has 0 aliphatic heterocycles. The third-order valence-corrected chi connectivity index (χ3v) is 5.36.